The Morgan fingerprint density at radius 2 is 1.79 bits per heavy atom. The van der Waals surface area contributed by atoms with Gasteiger partial charge in [-0.2, -0.15) is 0 Å². The van der Waals surface area contributed by atoms with E-state index in [9.17, 15) is 9.59 Å². The maximum absolute atomic E-state index is 11.9. The number of thiophene rings is 1. The van der Waals surface area contributed by atoms with Crippen molar-refractivity contribution in [3.63, 3.8) is 0 Å². The quantitative estimate of drug-likeness (QED) is 0.692. The monoisotopic (exact) mass is 338 g/mol. The van der Waals surface area contributed by atoms with Crippen molar-refractivity contribution in [3.8, 4) is 0 Å². The summed E-state index contributed by atoms with van der Waals surface area (Å²) in [5, 5.41) is 15.6. The molecule has 0 bridgehead atoms. The molecule has 1 aromatic carbocycles. The molecule has 0 spiro atoms. The lowest BCUT2D eigenvalue weighted by molar-refractivity contribution is 0.101. The van der Waals surface area contributed by atoms with E-state index >= 15 is 0 Å². The molecule has 3 aromatic rings. The zero-order valence-corrected chi connectivity index (χ0v) is 13.6. The largest absolute Gasteiger partial charge is 0.339 e. The second-order valence-electron chi connectivity index (χ2n) is 5.00. The molecule has 0 atom stereocenters. The van der Waals surface area contributed by atoms with Crippen LogP contribution in [0.15, 0.2) is 53.9 Å². The third-order valence-electron chi connectivity index (χ3n) is 3.19. The van der Waals surface area contributed by atoms with E-state index in [-0.39, 0.29) is 11.7 Å². The first-order valence-electron chi connectivity index (χ1n) is 7.18. The van der Waals surface area contributed by atoms with Gasteiger partial charge in [0.05, 0.1) is 4.88 Å². The van der Waals surface area contributed by atoms with E-state index in [0.717, 1.165) is 5.69 Å². The molecular formula is C17H14N4O2S. The van der Waals surface area contributed by atoms with Crippen LogP contribution in [-0.2, 0) is 0 Å². The molecule has 7 heteroatoms. The Balaban J connectivity index is 1.67. The molecule has 0 saturated heterocycles. The number of Topliss-reactive ketones (excluding diaryl/α,β-unsaturated/α-hetero) is 1. The molecule has 0 aliphatic carbocycles. The van der Waals surface area contributed by atoms with Crippen LogP contribution in [0.4, 0.5) is 17.3 Å². The van der Waals surface area contributed by atoms with Gasteiger partial charge in [-0.3, -0.25) is 9.59 Å². The van der Waals surface area contributed by atoms with Crippen LogP contribution >= 0.6 is 11.3 Å². The molecule has 2 aromatic heterocycles. The first-order valence-corrected chi connectivity index (χ1v) is 8.06. The number of benzene rings is 1. The third-order valence-corrected chi connectivity index (χ3v) is 4.06. The van der Waals surface area contributed by atoms with Crippen molar-refractivity contribution in [2.24, 2.45) is 0 Å². The summed E-state index contributed by atoms with van der Waals surface area (Å²) in [7, 11) is 0. The minimum Gasteiger partial charge on any atom is -0.339 e. The van der Waals surface area contributed by atoms with Gasteiger partial charge in [-0.25, -0.2) is 0 Å². The average Bonchev–Trinajstić information content (AvgIpc) is 3.11. The molecule has 1 amide bonds. The van der Waals surface area contributed by atoms with Crippen LogP contribution in [-0.4, -0.2) is 21.9 Å². The van der Waals surface area contributed by atoms with E-state index < -0.39 is 0 Å². The van der Waals surface area contributed by atoms with Crippen molar-refractivity contribution in [2.45, 2.75) is 6.92 Å². The van der Waals surface area contributed by atoms with Crippen molar-refractivity contribution in [1.29, 1.82) is 0 Å². The van der Waals surface area contributed by atoms with E-state index in [0.29, 0.717) is 22.1 Å². The van der Waals surface area contributed by atoms with Crippen LogP contribution in [0.1, 0.15) is 27.0 Å². The summed E-state index contributed by atoms with van der Waals surface area (Å²) < 4.78 is 0. The summed E-state index contributed by atoms with van der Waals surface area (Å²) >= 11 is 1.36. The van der Waals surface area contributed by atoms with Gasteiger partial charge in [-0.05, 0) is 42.6 Å². The van der Waals surface area contributed by atoms with Gasteiger partial charge in [0.15, 0.2) is 17.4 Å². The van der Waals surface area contributed by atoms with Gasteiger partial charge in [-0.15, -0.1) is 21.5 Å². The fourth-order valence-corrected chi connectivity index (χ4v) is 2.63. The fraction of sp³-hybridized carbons (Fsp3) is 0.0588. The number of aromatic nitrogens is 2. The number of carbonyl (C=O) groups is 2. The second-order valence-corrected chi connectivity index (χ2v) is 5.94. The van der Waals surface area contributed by atoms with Crippen molar-refractivity contribution >= 4 is 40.4 Å². The van der Waals surface area contributed by atoms with Crippen LogP contribution < -0.4 is 10.6 Å². The van der Waals surface area contributed by atoms with E-state index in [1.54, 1.807) is 36.4 Å². The number of carbonyl (C=O) groups excluding carboxylic acids is 2. The van der Waals surface area contributed by atoms with Crippen molar-refractivity contribution in [3.05, 3.63) is 64.4 Å². The molecule has 2 heterocycles. The average molecular weight is 338 g/mol. The number of nitrogens with one attached hydrogen (secondary N) is 2. The number of anilines is 3. The Bertz CT molecular complexity index is 861. The Labute approximate surface area is 142 Å². The van der Waals surface area contributed by atoms with Crippen molar-refractivity contribution < 1.29 is 9.59 Å². The fourth-order valence-electron chi connectivity index (χ4n) is 2.02. The SMILES string of the molecule is CC(=O)c1cccc(Nc2ccc(NC(=O)c3cccs3)nn2)c1. The summed E-state index contributed by atoms with van der Waals surface area (Å²) in [6.07, 6.45) is 0. The molecule has 120 valence electrons. The zero-order chi connectivity index (χ0) is 16.9. The molecule has 24 heavy (non-hydrogen) atoms. The number of hydrogen-bond acceptors (Lipinski definition) is 6. The lowest BCUT2D eigenvalue weighted by Crippen LogP contribution is -2.12. The van der Waals surface area contributed by atoms with Gasteiger partial charge in [-0.1, -0.05) is 18.2 Å². The number of nitrogens with zero attached hydrogens (tertiary/aromatic N) is 2. The summed E-state index contributed by atoms with van der Waals surface area (Å²) in [6.45, 7) is 1.52. The molecule has 0 radical (unpaired) electrons. The van der Waals surface area contributed by atoms with Crippen LogP contribution in [0.5, 0.6) is 0 Å². The Kier molecular flexibility index (Phi) is 4.62. The van der Waals surface area contributed by atoms with E-state index in [1.807, 2.05) is 17.5 Å². The minimum atomic E-state index is -0.214. The van der Waals surface area contributed by atoms with Crippen molar-refractivity contribution in [1.82, 2.24) is 10.2 Å². The highest BCUT2D eigenvalue weighted by atomic mass is 32.1. The number of rotatable bonds is 5. The smallest absolute Gasteiger partial charge is 0.266 e. The standard InChI is InChI=1S/C17H14N4O2S/c1-11(22)12-4-2-5-13(10-12)18-15-7-8-16(21-20-15)19-17(23)14-6-3-9-24-14/h2-10H,1H3,(H,18,20)(H,19,21,23). The second kappa shape index (κ2) is 7.01. The summed E-state index contributed by atoms with van der Waals surface area (Å²) in [5.41, 5.74) is 1.36. The lowest BCUT2D eigenvalue weighted by atomic mass is 10.1. The van der Waals surface area contributed by atoms with Gasteiger partial charge >= 0.3 is 0 Å². The van der Waals surface area contributed by atoms with Crippen molar-refractivity contribution in [2.75, 3.05) is 10.6 Å². The highest BCUT2D eigenvalue weighted by Crippen LogP contribution is 2.17. The predicted molar refractivity (Wildman–Crippen MR) is 94.0 cm³/mol. The topological polar surface area (TPSA) is 84.0 Å². The molecule has 0 unspecified atom stereocenters. The van der Waals surface area contributed by atoms with Gasteiger partial charge < -0.3 is 10.6 Å². The summed E-state index contributed by atoms with van der Waals surface area (Å²) in [6, 6.07) is 14.0. The normalized spacial score (nSPS) is 10.2. The number of hydrogen-bond donors (Lipinski definition) is 2. The first-order chi connectivity index (χ1) is 11.6. The van der Waals surface area contributed by atoms with Crippen LogP contribution in [0, 0.1) is 0 Å². The van der Waals surface area contributed by atoms with E-state index in [1.165, 1.54) is 18.3 Å². The minimum absolute atomic E-state index is 0.00336. The molecule has 6 nitrogen and oxygen atoms in total. The highest BCUT2D eigenvalue weighted by Gasteiger charge is 2.08. The Morgan fingerprint density at radius 3 is 2.46 bits per heavy atom. The molecular weight excluding hydrogens is 324 g/mol. The summed E-state index contributed by atoms with van der Waals surface area (Å²) in [4.78, 5) is 23.9. The molecule has 0 aliphatic heterocycles. The first kappa shape index (κ1) is 15.8. The number of amides is 1. The predicted octanol–water partition coefficient (Wildman–Crippen LogP) is 3.74. The van der Waals surface area contributed by atoms with Crippen LogP contribution in [0.3, 0.4) is 0 Å². The molecule has 2 N–H and O–H groups in total. The number of ketones is 1. The lowest BCUT2D eigenvalue weighted by Gasteiger charge is -2.07. The highest BCUT2D eigenvalue weighted by molar-refractivity contribution is 7.12. The third kappa shape index (κ3) is 3.82. The Hall–Kier alpha value is -3.06. The summed E-state index contributed by atoms with van der Waals surface area (Å²) in [5.74, 6) is 0.673. The van der Waals surface area contributed by atoms with Crippen LogP contribution in [0.2, 0.25) is 0 Å². The maximum atomic E-state index is 11.9. The van der Waals surface area contributed by atoms with Gasteiger partial charge in [0, 0.05) is 11.3 Å². The Morgan fingerprint density at radius 1 is 1.00 bits per heavy atom. The van der Waals surface area contributed by atoms with Gasteiger partial charge in [0.25, 0.3) is 5.91 Å². The van der Waals surface area contributed by atoms with Gasteiger partial charge in [0.2, 0.25) is 0 Å². The van der Waals surface area contributed by atoms with E-state index in [2.05, 4.69) is 20.8 Å². The van der Waals surface area contributed by atoms with Crippen LogP contribution in [0.25, 0.3) is 0 Å². The molecule has 0 saturated carbocycles. The molecule has 0 fully saturated rings. The molecule has 0 aliphatic rings. The maximum Gasteiger partial charge on any atom is 0.266 e. The molecule has 3 rings (SSSR count). The van der Waals surface area contributed by atoms with Gasteiger partial charge in [0.1, 0.15) is 0 Å². The van der Waals surface area contributed by atoms with E-state index in [4.69, 9.17) is 0 Å². The zero-order valence-electron chi connectivity index (χ0n) is 12.8.